The fourth-order valence-electron chi connectivity index (χ4n) is 9.26. The van der Waals surface area contributed by atoms with E-state index < -0.39 is 82.2 Å². The van der Waals surface area contributed by atoms with E-state index in [0.29, 0.717) is 68.8 Å². The summed E-state index contributed by atoms with van der Waals surface area (Å²) in [5.41, 5.74) is 5.34. The van der Waals surface area contributed by atoms with E-state index >= 15 is 0 Å². The van der Waals surface area contributed by atoms with E-state index in [1.807, 2.05) is 0 Å². The third-order valence-electron chi connectivity index (χ3n) is 14.1. The Kier molecular flexibility index (Phi) is 36.3. The maximum atomic E-state index is 12.0. The Labute approximate surface area is 744 Å². The van der Waals surface area contributed by atoms with Crippen molar-refractivity contribution in [1.29, 1.82) is 0 Å². The number of aliphatic imine (C=N–C) groups is 1. The number of carbonyl (C=O) groups excluding carboxylic acids is 9. The first-order chi connectivity index (χ1) is 61.3. The third kappa shape index (κ3) is 38.8. The molecule has 8 amide bonds. The molecule has 0 fully saturated rings. The van der Waals surface area contributed by atoms with Crippen LogP contribution in [0.25, 0.3) is 11.6 Å². The van der Waals surface area contributed by atoms with Gasteiger partial charge in [0, 0.05) is 103 Å². The molecule has 0 radical (unpaired) electrons. The van der Waals surface area contributed by atoms with Crippen molar-refractivity contribution < 1.29 is 105 Å². The van der Waals surface area contributed by atoms with E-state index in [0.717, 1.165) is 12.7 Å². The number of nitrogens with one attached hydrogen (secondary N) is 6. The highest BCUT2D eigenvalue weighted by Crippen LogP contribution is 2.31. The second kappa shape index (κ2) is 47.2. The van der Waals surface area contributed by atoms with Crippen LogP contribution in [0.3, 0.4) is 0 Å². The normalized spacial score (nSPS) is 11.0. The van der Waals surface area contributed by atoms with Crippen LogP contribution in [0.4, 0.5) is 52.4 Å². The van der Waals surface area contributed by atoms with Gasteiger partial charge in [-0.25, -0.2) is 78.6 Å². The zero-order valence-electron chi connectivity index (χ0n) is 73.9. The van der Waals surface area contributed by atoms with E-state index in [9.17, 15) is 43.2 Å². The molecule has 44 nitrogen and oxygen atoms in total. The molecule has 0 atom stereocenters. The van der Waals surface area contributed by atoms with Gasteiger partial charge in [0.25, 0.3) is 23.6 Å². The number of rotatable bonds is 22. The minimum Gasteiger partial charge on any atom is -0.464 e. The molecule has 0 aliphatic carbocycles. The molecular weight excluding hydrogens is 1690 g/mol. The molecule has 6 heterocycles. The van der Waals surface area contributed by atoms with Crippen molar-refractivity contribution in [3.63, 3.8) is 0 Å². The predicted molar refractivity (Wildman–Crippen MR) is 469 cm³/mol. The van der Waals surface area contributed by atoms with E-state index in [-0.39, 0.29) is 52.2 Å². The van der Waals surface area contributed by atoms with Crippen LogP contribution in [0.2, 0.25) is 0 Å². The number of nitrogens with two attached hydrogens (primary N) is 1. The molecule has 5 aromatic carbocycles. The van der Waals surface area contributed by atoms with Gasteiger partial charge in [-0.1, -0.05) is 40.6 Å². The first kappa shape index (κ1) is 100. The van der Waals surface area contributed by atoms with Crippen molar-refractivity contribution in [1.82, 2.24) is 70.2 Å². The van der Waals surface area contributed by atoms with Crippen molar-refractivity contribution in [3.05, 3.63) is 212 Å². The Morgan fingerprint density at radius 2 is 0.685 bits per heavy atom. The average molecular weight is 1790 g/mol. The number of esters is 1. The number of primary amides is 1. The van der Waals surface area contributed by atoms with Gasteiger partial charge in [0.15, 0.2) is 12.0 Å². The Balaban J connectivity index is 0.000000223. The second-order valence-corrected chi connectivity index (χ2v) is 31.3. The molecule has 44 heteroatoms. The summed E-state index contributed by atoms with van der Waals surface area (Å²) >= 11 is 0. The van der Waals surface area contributed by atoms with Gasteiger partial charge in [0.1, 0.15) is 118 Å². The number of amides is 8. The van der Waals surface area contributed by atoms with Crippen LogP contribution < -0.4 is 61.3 Å². The second-order valence-electron chi connectivity index (χ2n) is 31.3. The highest BCUT2D eigenvalue weighted by molar-refractivity contribution is 5.99. The van der Waals surface area contributed by atoms with Crippen LogP contribution in [0.5, 0.6) is 58.1 Å². The summed E-state index contributed by atoms with van der Waals surface area (Å²) in [5, 5.41) is 29.8. The number of ether oxygens (including phenoxy) is 11. The van der Waals surface area contributed by atoms with Crippen LogP contribution >= 0.6 is 0 Å². The number of methoxy groups -OCH3 is 1. The largest absolute Gasteiger partial charge is 0.464 e. The van der Waals surface area contributed by atoms with Crippen LogP contribution in [-0.2, 0) is 28.4 Å². The number of oxime groups is 1. The Morgan fingerprint density at radius 3 is 0.992 bits per heavy atom. The molecule has 130 heavy (non-hydrogen) atoms. The minimum atomic E-state index is -0.678. The van der Waals surface area contributed by atoms with Gasteiger partial charge < -0.3 is 77.8 Å². The number of nitrogens with zero attached hydrogens (tertiary/aromatic N) is 15. The van der Waals surface area contributed by atoms with Crippen LogP contribution in [0.1, 0.15) is 146 Å². The zero-order chi connectivity index (χ0) is 95.4. The smallest absolute Gasteiger partial charge is 0.412 e. The Bertz CT molecular complexity index is 5750. The Hall–Kier alpha value is -17.0. The van der Waals surface area contributed by atoms with E-state index in [1.54, 1.807) is 250 Å². The van der Waals surface area contributed by atoms with Crippen LogP contribution in [-0.4, -0.2) is 186 Å². The third-order valence-corrected chi connectivity index (χ3v) is 14.1. The summed E-state index contributed by atoms with van der Waals surface area (Å²) in [6.45, 7) is 26.7. The highest BCUT2D eigenvalue weighted by atomic mass is 16.6. The SMILES string of the molecule is CC(C)(C)OC(=O)Nc1cccc(Oc2cc(-c3ncno3)ncn2)c1.CC(C)(C)OC(=O)Nc1cccc(Oc2cc(C(=O)NC=NO)ncn2)c1.CC(C)(C)OC(=O)Nc1cccc(Oc2cc(C(N)=O)ncn2)c1.CN(C)C=NC(=O)c1cc(Oc2cccc(NC(=O)OC(C)(C)C)c2)ncn1.COC(=O)c1cc(Oc2cccc(NC(=O)OC(C)(C)C)c2)ncn1. The minimum absolute atomic E-state index is 0.0166. The summed E-state index contributed by atoms with van der Waals surface area (Å²) in [4.78, 5) is 154. The lowest BCUT2D eigenvalue weighted by molar-refractivity contribution is 0.0588. The molecule has 0 spiro atoms. The van der Waals surface area contributed by atoms with E-state index in [4.69, 9.17) is 62.8 Å². The highest BCUT2D eigenvalue weighted by Gasteiger charge is 2.23. The predicted octanol–water partition coefficient (Wildman–Crippen LogP) is 15.9. The quantitative estimate of drug-likeness (QED) is 0.00780. The van der Waals surface area contributed by atoms with Gasteiger partial charge in [0.2, 0.25) is 29.4 Å². The molecule has 682 valence electrons. The maximum absolute atomic E-state index is 12.0. The molecule has 0 aliphatic rings. The van der Waals surface area contributed by atoms with Gasteiger partial charge in [0.05, 0.1) is 13.4 Å². The van der Waals surface area contributed by atoms with E-state index in [1.165, 1.54) is 69.4 Å². The summed E-state index contributed by atoms with van der Waals surface area (Å²) < 4.78 is 63.6. The van der Waals surface area contributed by atoms with Crippen molar-refractivity contribution in [3.8, 4) is 69.7 Å². The molecule has 6 aromatic heterocycles. The number of hydrogen-bond acceptors (Lipinski definition) is 35. The molecule has 0 saturated carbocycles. The first-order valence-corrected chi connectivity index (χ1v) is 38.6. The number of aromatic nitrogens is 12. The fraction of sp³-hybridized carbons (Fsp3) is 0.267. The lowest BCUT2D eigenvalue weighted by Gasteiger charge is -2.19. The van der Waals surface area contributed by atoms with Crippen molar-refractivity contribution in [2.75, 3.05) is 47.8 Å². The lowest BCUT2D eigenvalue weighted by Crippen LogP contribution is -2.27. The van der Waals surface area contributed by atoms with Gasteiger partial charge in [-0.15, -0.1) is 0 Å². The number of anilines is 5. The van der Waals surface area contributed by atoms with Gasteiger partial charge in [-0.05, 0) is 165 Å². The van der Waals surface area contributed by atoms with Crippen LogP contribution in [0.15, 0.2) is 204 Å². The van der Waals surface area contributed by atoms with Gasteiger partial charge in [-0.2, -0.15) is 9.98 Å². The number of benzene rings is 5. The fourth-order valence-corrected chi connectivity index (χ4v) is 9.26. The topological polar surface area (TPSA) is 569 Å². The molecule has 11 aromatic rings. The number of carbonyl (C=O) groups is 9. The van der Waals surface area contributed by atoms with Gasteiger partial charge in [-0.3, -0.25) is 41.0 Å². The van der Waals surface area contributed by atoms with Crippen molar-refractivity contribution in [2.45, 2.75) is 132 Å². The van der Waals surface area contributed by atoms with Crippen LogP contribution in [0, 0.1) is 0 Å². The number of hydrogen-bond donors (Lipinski definition) is 8. The molecule has 0 unspecified atom stereocenters. The Morgan fingerprint density at radius 1 is 0.385 bits per heavy atom. The maximum Gasteiger partial charge on any atom is 0.412 e. The molecule has 9 N–H and O–H groups in total. The summed E-state index contributed by atoms with van der Waals surface area (Å²) in [6.07, 6.45) is 6.72. The molecule has 11 rings (SSSR count). The lowest BCUT2D eigenvalue weighted by atomic mass is 10.2. The van der Waals surface area contributed by atoms with E-state index in [2.05, 4.69) is 107 Å². The average Bonchev–Trinajstić information content (AvgIpc) is 1.16. The first-order valence-electron chi connectivity index (χ1n) is 38.6. The zero-order valence-corrected chi connectivity index (χ0v) is 73.9. The molecule has 0 bridgehead atoms. The molecule has 0 aliphatic heterocycles. The summed E-state index contributed by atoms with van der Waals surface area (Å²) in [6, 6.07) is 40.4. The van der Waals surface area contributed by atoms with Gasteiger partial charge >= 0.3 is 36.4 Å². The molecule has 0 saturated heterocycles. The monoisotopic (exact) mass is 1790 g/mol. The standard InChI is InChI=1S/C19H23N5O4.C17H19N5O5.C17H17N5O4.C17H19N3O5.C16H18N4O4/c1-19(2,3)28-18(26)23-13-7-6-8-14(9-13)27-16-10-15(20-11-21-16)17(25)22-12-24(4)5;1-17(2,3)27-16(24)22-11-5-4-6-12(7-11)26-14-8-13(18-9-19-14)15(23)20-10-21-25;1-17(2,3)25-16(23)22-11-5-4-6-12(7-11)24-14-8-13(18-9-19-14)15-20-10-21-26-15;1-17(2,3)25-16(22)20-11-6-5-7-12(8-11)24-14-9-13(15(21)23-4)18-10-19-14;1-16(2,3)24-15(22)20-10-5-4-6-11(7-10)23-13-8-12(14(17)21)18-9-19-13/h6-12H,1-5H3,(H,23,26);4-10,25H,1-3H3,(H,22,24)(H,20,21,23);4-10H,1-3H3,(H,22,23);5-10H,1-4H3,(H,20,22);4-9H,1-3H3,(H2,17,21)(H,20,22). The molecular formula is C86H96N22O22. The van der Waals surface area contributed by atoms with Crippen molar-refractivity contribution in [2.24, 2.45) is 15.9 Å². The summed E-state index contributed by atoms with van der Waals surface area (Å²) in [7, 11) is 4.77. The summed E-state index contributed by atoms with van der Waals surface area (Å²) in [5.74, 6) is 0.913. The van der Waals surface area contributed by atoms with Crippen molar-refractivity contribution >= 4 is 95.3 Å².